The molecule has 16 nitrogen and oxygen atoms in total. The highest BCUT2D eigenvalue weighted by molar-refractivity contribution is 7.13. The monoisotopic (exact) mass is 870 g/mol. The number of nitrogens with zero attached hydrogens (tertiary/aromatic N) is 8. The summed E-state index contributed by atoms with van der Waals surface area (Å²) in [5, 5.41) is 19.3. The topological polar surface area (TPSA) is 184 Å². The fourth-order valence-electron chi connectivity index (χ4n) is 9.40. The number of fused-ring (bicyclic) bond motifs is 2. The van der Waals surface area contributed by atoms with E-state index in [0.717, 1.165) is 56.7 Å². The van der Waals surface area contributed by atoms with Crippen LogP contribution in [0.2, 0.25) is 0 Å². The molecule has 6 aromatic rings. The van der Waals surface area contributed by atoms with E-state index < -0.39 is 23.9 Å². The van der Waals surface area contributed by atoms with Crippen LogP contribution in [0.25, 0.3) is 22.0 Å². The standard InChI is InChI=1S/C45H47FN12O4S/c46-39-32(9-5-30-24-58(54-40(30)39)42(44(62)53-45-48-16-21-63-45)41-34-2-1-17-56(34)26-50-41)29-6-11-37(49-22-29)57-20-15-47-23-35(57)36(59)25-55-18-13-28(14-19-55)27-3-7-31(8-4-27)51-33-10-12-38(60)52-43(33)61/h3-9,11,16,21-22,24,26,28,33,35,42,47,51H,1-2,10,12-15,17-20,23,25H2,(H,48,53,62)(H,52,60,61). The van der Waals surface area contributed by atoms with Crippen molar-refractivity contribution in [1.82, 2.24) is 44.8 Å². The van der Waals surface area contributed by atoms with Crippen LogP contribution < -0.4 is 26.2 Å². The highest BCUT2D eigenvalue weighted by Crippen LogP contribution is 2.34. The normalized spacial score (nSPS) is 20.1. The lowest BCUT2D eigenvalue weighted by atomic mass is 9.89. The minimum atomic E-state index is -0.928. The number of ketones is 1. The van der Waals surface area contributed by atoms with Gasteiger partial charge in [0.25, 0.3) is 5.91 Å². The molecule has 18 heteroatoms. The Balaban J connectivity index is 0.791. The smallest absolute Gasteiger partial charge is 0.257 e. The predicted octanol–water partition coefficient (Wildman–Crippen LogP) is 4.51. The van der Waals surface area contributed by atoms with Gasteiger partial charge in [-0.1, -0.05) is 24.3 Å². The zero-order chi connectivity index (χ0) is 43.0. The lowest BCUT2D eigenvalue weighted by molar-refractivity contribution is -0.133. The van der Waals surface area contributed by atoms with E-state index in [4.69, 9.17) is 4.98 Å². The molecule has 0 radical (unpaired) electrons. The third-order valence-corrected chi connectivity index (χ3v) is 13.4. The summed E-state index contributed by atoms with van der Waals surface area (Å²) in [6.07, 6.45) is 11.1. The molecule has 3 amide bonds. The number of likely N-dealkylation sites (tertiary alicyclic amines) is 1. The predicted molar refractivity (Wildman–Crippen MR) is 236 cm³/mol. The Morgan fingerprint density at radius 2 is 1.81 bits per heavy atom. The fourth-order valence-corrected chi connectivity index (χ4v) is 9.94. The summed E-state index contributed by atoms with van der Waals surface area (Å²) in [6, 6.07) is 13.6. The summed E-state index contributed by atoms with van der Waals surface area (Å²) >= 11 is 1.31. The largest absolute Gasteiger partial charge is 0.374 e. The van der Waals surface area contributed by atoms with Crippen molar-refractivity contribution in [1.29, 1.82) is 0 Å². The number of aromatic nitrogens is 6. The molecule has 10 rings (SSSR count). The molecular weight excluding hydrogens is 824 g/mol. The number of nitrogens with one attached hydrogen (secondary N) is 4. The number of hydrogen-bond donors (Lipinski definition) is 4. The quantitative estimate of drug-likeness (QED) is 0.127. The molecule has 3 atom stereocenters. The first-order valence-electron chi connectivity index (χ1n) is 21.6. The van der Waals surface area contributed by atoms with Gasteiger partial charge in [-0.2, -0.15) is 5.10 Å². The van der Waals surface area contributed by atoms with Crippen LogP contribution in [-0.4, -0.2) is 109 Å². The molecule has 3 fully saturated rings. The Labute approximate surface area is 366 Å². The van der Waals surface area contributed by atoms with Gasteiger partial charge in [-0.25, -0.2) is 19.3 Å². The third-order valence-electron chi connectivity index (χ3n) is 12.8. The molecular formula is C45H47FN12O4S. The average Bonchev–Trinajstić information content (AvgIpc) is 4.14. The van der Waals surface area contributed by atoms with Gasteiger partial charge >= 0.3 is 0 Å². The number of benzene rings is 2. The summed E-state index contributed by atoms with van der Waals surface area (Å²) < 4.78 is 20.0. The van der Waals surface area contributed by atoms with E-state index in [1.807, 2.05) is 29.2 Å². The summed E-state index contributed by atoms with van der Waals surface area (Å²) in [6.45, 7) is 4.61. The van der Waals surface area contributed by atoms with Gasteiger partial charge < -0.3 is 20.1 Å². The number of Topliss-reactive ketones (excluding diaryl/α,β-unsaturated/α-hetero) is 1. The first kappa shape index (κ1) is 40.7. The Morgan fingerprint density at radius 3 is 2.59 bits per heavy atom. The molecule has 63 heavy (non-hydrogen) atoms. The van der Waals surface area contributed by atoms with E-state index in [2.05, 4.69) is 57.9 Å². The van der Waals surface area contributed by atoms with Gasteiger partial charge in [0.2, 0.25) is 11.8 Å². The molecule has 4 aromatic heterocycles. The minimum Gasteiger partial charge on any atom is -0.374 e. The third kappa shape index (κ3) is 8.33. The van der Waals surface area contributed by atoms with E-state index in [1.165, 1.54) is 21.6 Å². The molecule has 4 aliphatic heterocycles. The van der Waals surface area contributed by atoms with Crippen LogP contribution in [0.15, 0.2) is 78.8 Å². The Bertz CT molecular complexity index is 2660. The number of anilines is 3. The van der Waals surface area contributed by atoms with Gasteiger partial charge in [0.1, 0.15) is 23.4 Å². The number of halogens is 1. The second-order valence-electron chi connectivity index (χ2n) is 16.7. The molecule has 324 valence electrons. The highest BCUT2D eigenvalue weighted by atomic mass is 32.1. The SMILES string of the molecule is O=C1CCC(Nc2ccc(C3CCN(CC(=O)C4CNCCN4c4ccc(-c5ccc6cn(C(C(=O)Nc7nccs7)c7ncn8c7CCC8)nc6c5F)cn4)CC3)cc2)C(=O)N1. The molecule has 4 aliphatic rings. The van der Waals surface area contributed by atoms with Crippen molar-refractivity contribution in [2.45, 2.75) is 69.1 Å². The van der Waals surface area contributed by atoms with Crippen molar-refractivity contribution < 1.29 is 23.6 Å². The number of piperazine rings is 1. The van der Waals surface area contributed by atoms with E-state index >= 15 is 4.39 Å². The summed E-state index contributed by atoms with van der Waals surface area (Å²) in [5.41, 5.74) is 4.67. The molecule has 8 heterocycles. The molecule has 4 N–H and O–H groups in total. The lowest BCUT2D eigenvalue weighted by Gasteiger charge is -2.38. The first-order chi connectivity index (χ1) is 30.8. The zero-order valence-electron chi connectivity index (χ0n) is 34.5. The van der Waals surface area contributed by atoms with Crippen LogP contribution >= 0.6 is 11.3 Å². The van der Waals surface area contributed by atoms with Crippen molar-refractivity contribution in [2.24, 2.45) is 0 Å². The molecule has 3 unspecified atom stereocenters. The van der Waals surface area contributed by atoms with Gasteiger partial charge in [0.05, 0.1) is 18.6 Å². The maximum Gasteiger partial charge on any atom is 0.257 e. The molecule has 0 saturated carbocycles. The van der Waals surface area contributed by atoms with E-state index in [-0.39, 0.29) is 29.0 Å². The summed E-state index contributed by atoms with van der Waals surface area (Å²) in [4.78, 5) is 69.3. The fraction of sp³-hybridized carbons (Fsp3) is 0.378. The van der Waals surface area contributed by atoms with Crippen molar-refractivity contribution in [3.63, 3.8) is 0 Å². The highest BCUT2D eigenvalue weighted by Gasteiger charge is 2.34. The maximum absolute atomic E-state index is 16.5. The van der Waals surface area contributed by atoms with Crippen LogP contribution in [0, 0.1) is 5.82 Å². The van der Waals surface area contributed by atoms with Gasteiger partial charge in [-0.3, -0.25) is 39.4 Å². The number of pyridine rings is 1. The minimum absolute atomic E-state index is 0.127. The number of amides is 3. The molecule has 0 bridgehead atoms. The van der Waals surface area contributed by atoms with Gasteiger partial charge in [-0.15, -0.1) is 11.3 Å². The second kappa shape index (κ2) is 17.4. The van der Waals surface area contributed by atoms with E-state index in [0.29, 0.717) is 78.1 Å². The van der Waals surface area contributed by atoms with Crippen LogP contribution in [-0.2, 0) is 32.1 Å². The Hall–Kier alpha value is -6.37. The van der Waals surface area contributed by atoms with Crippen LogP contribution in [0.4, 0.5) is 21.0 Å². The first-order valence-corrected chi connectivity index (χ1v) is 22.4. The number of carbonyl (C=O) groups excluding carboxylic acids is 4. The number of imidazole rings is 1. The van der Waals surface area contributed by atoms with Crippen molar-refractivity contribution in [3.05, 3.63) is 102 Å². The second-order valence-corrected chi connectivity index (χ2v) is 17.6. The van der Waals surface area contributed by atoms with Gasteiger partial charge in [-0.05, 0) is 80.9 Å². The van der Waals surface area contributed by atoms with Crippen molar-refractivity contribution in [3.8, 4) is 11.1 Å². The molecule has 3 saturated heterocycles. The van der Waals surface area contributed by atoms with Crippen LogP contribution in [0.3, 0.4) is 0 Å². The maximum atomic E-state index is 16.5. The van der Waals surface area contributed by atoms with Crippen molar-refractivity contribution in [2.75, 3.05) is 54.8 Å². The molecule has 0 aliphatic carbocycles. The number of carbonyl (C=O) groups is 4. The Kier molecular flexibility index (Phi) is 11.2. The number of piperidine rings is 2. The number of rotatable bonds is 12. The van der Waals surface area contributed by atoms with Crippen LogP contribution in [0.5, 0.6) is 0 Å². The summed E-state index contributed by atoms with van der Waals surface area (Å²) in [5.74, 6) is -0.247. The zero-order valence-corrected chi connectivity index (χ0v) is 35.3. The Morgan fingerprint density at radius 1 is 0.952 bits per heavy atom. The van der Waals surface area contributed by atoms with Crippen molar-refractivity contribution >= 4 is 62.4 Å². The van der Waals surface area contributed by atoms with E-state index in [1.54, 1.807) is 42.4 Å². The molecule has 2 aromatic carbocycles. The number of imide groups is 1. The van der Waals surface area contributed by atoms with E-state index in [9.17, 15) is 19.2 Å². The summed E-state index contributed by atoms with van der Waals surface area (Å²) in [7, 11) is 0. The number of thiazole rings is 1. The lowest BCUT2D eigenvalue weighted by Crippen LogP contribution is -2.57. The van der Waals surface area contributed by atoms with Crippen LogP contribution in [0.1, 0.15) is 61.0 Å². The number of hydrogen-bond acceptors (Lipinski definition) is 13. The average molecular weight is 871 g/mol. The van der Waals surface area contributed by atoms with Gasteiger partial charge in [0, 0.05) is 84.5 Å². The molecule has 0 spiro atoms. The van der Waals surface area contributed by atoms with Gasteiger partial charge in [0.15, 0.2) is 22.8 Å². The number of aryl methyl sites for hydroxylation is 1.